The Hall–Kier alpha value is -3.18. The van der Waals surface area contributed by atoms with Gasteiger partial charge < -0.3 is 33.2 Å². The monoisotopic (exact) mass is 614 g/mol. The molecular formula is C33H42O11. The lowest BCUT2D eigenvalue weighted by atomic mass is 9.37. The number of carbonyl (C=O) groups excluding carboxylic acids is 4. The van der Waals surface area contributed by atoms with E-state index in [1.165, 1.54) is 32.6 Å². The Kier molecular flexibility index (Phi) is 6.77. The zero-order chi connectivity index (χ0) is 32.2. The fourth-order valence-corrected chi connectivity index (χ4v) is 9.87. The molecule has 4 fully saturated rings. The first-order chi connectivity index (χ1) is 20.5. The average molecular weight is 615 g/mol. The van der Waals surface area contributed by atoms with Crippen LogP contribution in [0.5, 0.6) is 0 Å². The van der Waals surface area contributed by atoms with Gasteiger partial charge in [0, 0.05) is 47.1 Å². The molecule has 2 saturated carbocycles. The SMILES string of the molecule is COC(=O)C[C@@H]1C(C)(C)[C@@H](OC(=O)C(C)C)[C@H]2[C@H](OC(C)=O)[C@]34O[C@@]2(O)[C@@]1(C)[C@@H]3CC[C@@]1(C)C4=CC(=O)O[C@@H]1c1ccoc1. The molecule has 2 saturated heterocycles. The highest BCUT2D eigenvalue weighted by Crippen LogP contribution is 2.81. The van der Waals surface area contributed by atoms with Gasteiger partial charge in [-0.05, 0) is 30.4 Å². The van der Waals surface area contributed by atoms with Crippen molar-refractivity contribution in [3.63, 3.8) is 0 Å². The molecule has 0 unspecified atom stereocenters. The van der Waals surface area contributed by atoms with E-state index in [-0.39, 0.29) is 6.42 Å². The van der Waals surface area contributed by atoms with Crippen LogP contribution >= 0.6 is 0 Å². The van der Waals surface area contributed by atoms with Crippen LogP contribution < -0.4 is 0 Å². The Labute approximate surface area is 256 Å². The maximum absolute atomic E-state index is 13.3. The van der Waals surface area contributed by atoms with Crippen LogP contribution in [0.15, 0.2) is 34.7 Å². The van der Waals surface area contributed by atoms with E-state index in [2.05, 4.69) is 0 Å². The maximum Gasteiger partial charge on any atom is 0.331 e. The highest BCUT2D eigenvalue weighted by molar-refractivity contribution is 5.85. The van der Waals surface area contributed by atoms with E-state index >= 15 is 0 Å². The number of methoxy groups -OCH3 is 1. The molecule has 240 valence electrons. The van der Waals surface area contributed by atoms with Crippen LogP contribution in [0.1, 0.15) is 79.4 Å². The summed E-state index contributed by atoms with van der Waals surface area (Å²) in [6.45, 7) is 12.4. The number of hydrogen-bond acceptors (Lipinski definition) is 11. The van der Waals surface area contributed by atoms with Gasteiger partial charge in [-0.15, -0.1) is 0 Å². The highest BCUT2D eigenvalue weighted by atomic mass is 16.7. The predicted octanol–water partition coefficient (Wildman–Crippen LogP) is 4.03. The molecule has 0 aromatic carbocycles. The third-order valence-electron chi connectivity index (χ3n) is 11.7. The van der Waals surface area contributed by atoms with Crippen molar-refractivity contribution in [2.75, 3.05) is 7.11 Å². The highest BCUT2D eigenvalue weighted by Gasteiger charge is 2.90. The van der Waals surface area contributed by atoms with E-state index < -0.39 is 93.5 Å². The third kappa shape index (κ3) is 3.68. The van der Waals surface area contributed by atoms with Gasteiger partial charge in [-0.1, -0.05) is 41.5 Å². The number of carbonyl (C=O) groups is 4. The zero-order valence-electron chi connectivity index (χ0n) is 26.5. The smallest absolute Gasteiger partial charge is 0.331 e. The molecule has 5 aliphatic rings. The summed E-state index contributed by atoms with van der Waals surface area (Å²) in [7, 11) is 1.31. The summed E-state index contributed by atoms with van der Waals surface area (Å²) in [6.07, 6.45) is 2.54. The number of aliphatic hydroxyl groups is 1. The van der Waals surface area contributed by atoms with Gasteiger partial charge in [0.2, 0.25) is 0 Å². The molecule has 2 bridgehead atoms. The Balaban J connectivity index is 1.62. The Morgan fingerprint density at radius 2 is 1.82 bits per heavy atom. The minimum atomic E-state index is -2.01. The van der Waals surface area contributed by atoms with Crippen molar-refractivity contribution < 1.29 is 52.4 Å². The third-order valence-corrected chi connectivity index (χ3v) is 11.7. The summed E-state index contributed by atoms with van der Waals surface area (Å²) in [5.41, 5.74) is -3.11. The second-order valence-corrected chi connectivity index (χ2v) is 14.5. The molecule has 2 aliphatic carbocycles. The van der Waals surface area contributed by atoms with E-state index in [0.29, 0.717) is 24.0 Å². The summed E-state index contributed by atoms with van der Waals surface area (Å²) in [4.78, 5) is 52.4. The zero-order valence-corrected chi connectivity index (χ0v) is 26.5. The molecule has 3 aliphatic heterocycles. The molecule has 0 amide bonds. The molecule has 11 nitrogen and oxygen atoms in total. The first-order valence-corrected chi connectivity index (χ1v) is 15.3. The van der Waals surface area contributed by atoms with Crippen molar-refractivity contribution in [2.45, 2.75) is 97.4 Å². The lowest BCUT2D eigenvalue weighted by Crippen LogP contribution is -2.76. The predicted molar refractivity (Wildman–Crippen MR) is 151 cm³/mol. The second kappa shape index (κ2) is 9.66. The van der Waals surface area contributed by atoms with Crippen LogP contribution in [0.3, 0.4) is 0 Å². The van der Waals surface area contributed by atoms with Crippen LogP contribution in [0.4, 0.5) is 0 Å². The number of fused-ring (bicyclic) bond motifs is 2. The number of rotatable bonds is 6. The molecule has 1 aromatic rings. The lowest BCUT2D eigenvalue weighted by Gasteiger charge is -2.67. The molecule has 1 spiro atoms. The number of esters is 4. The summed E-state index contributed by atoms with van der Waals surface area (Å²) in [5.74, 6) is -6.80. The number of ether oxygens (including phenoxy) is 5. The van der Waals surface area contributed by atoms with Crippen molar-refractivity contribution in [2.24, 2.45) is 39.9 Å². The molecule has 1 aromatic heterocycles. The van der Waals surface area contributed by atoms with Crippen molar-refractivity contribution in [1.82, 2.24) is 0 Å². The van der Waals surface area contributed by atoms with Crippen molar-refractivity contribution in [1.29, 1.82) is 0 Å². The average Bonchev–Trinajstić information content (AvgIpc) is 3.61. The second-order valence-electron chi connectivity index (χ2n) is 14.5. The van der Waals surface area contributed by atoms with E-state index in [1.54, 1.807) is 19.9 Å². The van der Waals surface area contributed by atoms with Gasteiger partial charge in [0.25, 0.3) is 0 Å². The molecular weight excluding hydrogens is 572 g/mol. The van der Waals surface area contributed by atoms with Gasteiger partial charge in [-0.2, -0.15) is 0 Å². The maximum atomic E-state index is 13.3. The van der Waals surface area contributed by atoms with E-state index in [9.17, 15) is 24.3 Å². The molecule has 0 radical (unpaired) electrons. The first-order valence-electron chi connectivity index (χ1n) is 15.3. The van der Waals surface area contributed by atoms with Crippen LogP contribution in [-0.2, 0) is 42.9 Å². The van der Waals surface area contributed by atoms with E-state index in [1.807, 2.05) is 27.7 Å². The molecule has 1 N–H and O–H groups in total. The van der Waals surface area contributed by atoms with Crippen LogP contribution in [0.2, 0.25) is 0 Å². The van der Waals surface area contributed by atoms with Gasteiger partial charge in [0.05, 0.1) is 31.5 Å². The van der Waals surface area contributed by atoms with E-state index in [0.717, 1.165) is 0 Å². The fourth-order valence-electron chi connectivity index (χ4n) is 9.87. The minimum Gasteiger partial charge on any atom is -0.472 e. The number of furan rings is 1. The molecule has 4 heterocycles. The van der Waals surface area contributed by atoms with Gasteiger partial charge in [-0.3, -0.25) is 14.4 Å². The number of cyclic esters (lactones) is 1. The van der Waals surface area contributed by atoms with Gasteiger partial charge >= 0.3 is 23.9 Å². The van der Waals surface area contributed by atoms with Crippen molar-refractivity contribution >= 4 is 23.9 Å². The van der Waals surface area contributed by atoms with Gasteiger partial charge in [0.1, 0.15) is 23.9 Å². The van der Waals surface area contributed by atoms with Crippen LogP contribution in [0, 0.1) is 39.9 Å². The molecule has 10 atom stereocenters. The Bertz CT molecular complexity index is 1430. The molecule has 44 heavy (non-hydrogen) atoms. The van der Waals surface area contributed by atoms with Crippen molar-refractivity contribution in [3.8, 4) is 0 Å². The summed E-state index contributed by atoms with van der Waals surface area (Å²) >= 11 is 0. The first kappa shape index (κ1) is 30.8. The summed E-state index contributed by atoms with van der Waals surface area (Å²) in [6, 6.07) is 1.74. The molecule has 11 heteroatoms. The van der Waals surface area contributed by atoms with Gasteiger partial charge in [0.15, 0.2) is 5.79 Å². The lowest BCUT2D eigenvalue weighted by molar-refractivity contribution is -0.326. The quantitative estimate of drug-likeness (QED) is 0.366. The Morgan fingerprint density at radius 3 is 2.41 bits per heavy atom. The topological polar surface area (TPSA) is 148 Å². The summed E-state index contributed by atoms with van der Waals surface area (Å²) in [5, 5.41) is 13.0. The minimum absolute atomic E-state index is 0.0745. The summed E-state index contributed by atoms with van der Waals surface area (Å²) < 4.78 is 35.7. The Morgan fingerprint density at radius 1 is 1.11 bits per heavy atom. The van der Waals surface area contributed by atoms with Gasteiger partial charge in [-0.25, -0.2) is 4.79 Å². The standard InChI is InChI=1S/C33H42O11/c1-16(2)28(37)43-26-24-27(41-17(3)34)32-19(31(7,33(24,38)44-32)20(29(26,4)5)13-22(35)39-8)9-11-30(6)21(32)14-23(36)42-25(30)18-10-12-40-15-18/h10,12,14-16,19-20,24-27,38H,9,11,13H2,1-8H3/t19-,20+,24-,25+,26-,27-,30-,31-,32-,33+/m0/s1. The molecule has 6 rings (SSSR count). The number of hydrogen-bond donors (Lipinski definition) is 1. The van der Waals surface area contributed by atoms with Crippen molar-refractivity contribution in [3.05, 3.63) is 35.8 Å². The normalized spacial score (nSPS) is 43.0. The van der Waals surface area contributed by atoms with Crippen LogP contribution in [0.25, 0.3) is 0 Å². The largest absolute Gasteiger partial charge is 0.472 e. The fraction of sp³-hybridized carbons (Fsp3) is 0.697. The van der Waals surface area contributed by atoms with Crippen LogP contribution in [-0.4, -0.2) is 59.7 Å². The van der Waals surface area contributed by atoms with E-state index in [4.69, 9.17) is 28.1 Å².